The van der Waals surface area contributed by atoms with Gasteiger partial charge in [-0.3, -0.25) is 43.3 Å². The molecule has 19 N–H and O–H groups in total. The van der Waals surface area contributed by atoms with Crippen LogP contribution in [-0.2, 0) is 64.0 Å². The Kier molecular flexibility index (Phi) is 23.5. The number of para-hydroxylation sites is 1. The summed E-state index contributed by atoms with van der Waals surface area (Å²) in [4.78, 5) is 126. The van der Waals surface area contributed by atoms with Crippen LogP contribution >= 0.6 is 0 Å². The minimum atomic E-state index is -1.36. The Labute approximate surface area is 475 Å². The van der Waals surface area contributed by atoms with E-state index in [1.54, 1.807) is 50.4 Å². The molecule has 7 atom stereocenters. The molecule has 0 saturated heterocycles. The van der Waals surface area contributed by atoms with Crippen molar-refractivity contribution in [3.05, 3.63) is 138 Å². The van der Waals surface area contributed by atoms with Gasteiger partial charge in [0.1, 0.15) is 36.3 Å². The fourth-order valence-corrected chi connectivity index (χ4v) is 9.40. The van der Waals surface area contributed by atoms with Gasteiger partial charge in [-0.25, -0.2) is 4.98 Å². The molecule has 24 nitrogen and oxygen atoms in total. The van der Waals surface area contributed by atoms with Gasteiger partial charge in [0.2, 0.25) is 47.3 Å². The molecule has 2 aromatic heterocycles. The fourth-order valence-electron chi connectivity index (χ4n) is 9.40. The number of amides is 8. The topological polar surface area (TPSA) is 408 Å². The Bertz CT molecular complexity index is 3140. The maximum Gasteiger partial charge on any atom is 0.243 e. The molecule has 436 valence electrons. The number of guanidine groups is 1. The van der Waals surface area contributed by atoms with E-state index >= 15 is 0 Å². The van der Waals surface area contributed by atoms with Crippen LogP contribution in [0.15, 0.2) is 121 Å². The first-order valence-corrected chi connectivity index (χ1v) is 27.3. The van der Waals surface area contributed by atoms with Gasteiger partial charge in [-0.2, -0.15) is 0 Å². The van der Waals surface area contributed by atoms with Crippen molar-refractivity contribution in [2.45, 2.75) is 114 Å². The summed E-state index contributed by atoms with van der Waals surface area (Å²) in [6.07, 6.45) is 5.91. The number of primary amides is 1. The van der Waals surface area contributed by atoms with Gasteiger partial charge in [-0.15, -0.1) is 0 Å². The maximum absolute atomic E-state index is 14.7. The molecule has 0 fully saturated rings. The number of hydrogen-bond acceptors (Lipinski definition) is 12. The van der Waals surface area contributed by atoms with E-state index in [2.05, 4.69) is 57.2 Å². The average Bonchev–Trinajstić information content (AvgIpc) is 4.27. The summed E-state index contributed by atoms with van der Waals surface area (Å²) in [5, 5.41) is 21.6. The zero-order chi connectivity index (χ0) is 59.1. The molecular formula is C58H76N16O8. The SMILES string of the molecule is CC(C)[C@H](NC(=O)[C@@H](Cc1ccccc1)NC(=O)[C@H](CCCCN)NC(=O)CNC(=O)[C@H](Cc1c[nH]c2ccccc12)NC(=O)[C@H](CCCN=C(N)N)NC(=O)[C@@H](Cc1cccc2ccccc12)NC(=O)[C@@H](N)Cc1cnc[nH]1)C(N)=O. The molecule has 24 heteroatoms. The lowest BCUT2D eigenvalue weighted by atomic mass is 9.97. The van der Waals surface area contributed by atoms with E-state index in [0.717, 1.165) is 27.2 Å². The highest BCUT2D eigenvalue weighted by atomic mass is 16.2. The van der Waals surface area contributed by atoms with E-state index in [1.165, 1.54) is 12.5 Å². The third-order valence-electron chi connectivity index (χ3n) is 13.8. The number of carbonyl (C=O) groups excluding carboxylic acids is 8. The first kappa shape index (κ1) is 62.0. The van der Waals surface area contributed by atoms with Crippen molar-refractivity contribution in [1.82, 2.24) is 52.2 Å². The van der Waals surface area contributed by atoms with Crippen molar-refractivity contribution in [2.24, 2.45) is 39.6 Å². The number of nitrogens with zero attached hydrogens (tertiary/aromatic N) is 2. The highest BCUT2D eigenvalue weighted by molar-refractivity contribution is 5.98. The summed E-state index contributed by atoms with van der Waals surface area (Å²) in [7, 11) is 0. The molecule has 0 aliphatic rings. The van der Waals surface area contributed by atoms with Gasteiger partial charge in [0.25, 0.3) is 0 Å². The number of rotatable bonds is 32. The van der Waals surface area contributed by atoms with Crippen molar-refractivity contribution in [1.29, 1.82) is 0 Å². The van der Waals surface area contributed by atoms with Crippen LogP contribution in [0.1, 0.15) is 68.3 Å². The second-order valence-corrected chi connectivity index (χ2v) is 20.4. The number of imidazole rings is 1. The van der Waals surface area contributed by atoms with Crippen molar-refractivity contribution < 1.29 is 38.4 Å². The molecule has 0 spiro atoms. The fraction of sp³-hybridized carbons (Fsp3) is 0.379. The number of aromatic nitrogens is 3. The molecule has 0 aliphatic heterocycles. The molecule has 8 amide bonds. The van der Waals surface area contributed by atoms with Crippen LogP contribution in [-0.4, -0.2) is 130 Å². The first-order chi connectivity index (χ1) is 39.4. The largest absolute Gasteiger partial charge is 0.370 e. The maximum atomic E-state index is 14.7. The number of aliphatic imine (C=N–C) groups is 1. The molecule has 0 radical (unpaired) electrons. The lowest BCUT2D eigenvalue weighted by molar-refractivity contribution is -0.134. The van der Waals surface area contributed by atoms with Crippen molar-refractivity contribution in [2.75, 3.05) is 19.6 Å². The molecule has 82 heavy (non-hydrogen) atoms. The lowest BCUT2D eigenvalue weighted by Crippen LogP contribution is -2.59. The molecular weight excluding hydrogens is 1050 g/mol. The van der Waals surface area contributed by atoms with Crippen LogP contribution in [0.4, 0.5) is 0 Å². The Morgan fingerprint density at radius 1 is 0.573 bits per heavy atom. The third kappa shape index (κ3) is 18.7. The van der Waals surface area contributed by atoms with Gasteiger partial charge < -0.3 is 75.9 Å². The van der Waals surface area contributed by atoms with Gasteiger partial charge in [-0.1, -0.05) is 105 Å². The summed E-state index contributed by atoms with van der Waals surface area (Å²) in [5.41, 5.74) is 32.4. The van der Waals surface area contributed by atoms with Crippen LogP contribution in [0.2, 0.25) is 0 Å². The van der Waals surface area contributed by atoms with Gasteiger partial charge in [0.05, 0.1) is 18.9 Å². The summed E-state index contributed by atoms with van der Waals surface area (Å²) in [5.74, 6) is -6.38. The number of nitrogens with two attached hydrogens (primary N) is 5. The predicted molar refractivity (Wildman–Crippen MR) is 312 cm³/mol. The Morgan fingerprint density at radius 3 is 1.84 bits per heavy atom. The summed E-state index contributed by atoms with van der Waals surface area (Å²) in [6, 6.07) is 20.9. The highest BCUT2D eigenvalue weighted by Crippen LogP contribution is 2.22. The number of nitrogens with one attached hydrogen (secondary N) is 9. The molecule has 6 rings (SSSR count). The predicted octanol–water partition coefficient (Wildman–Crippen LogP) is -0.00900. The van der Waals surface area contributed by atoms with Gasteiger partial charge in [0, 0.05) is 61.2 Å². The minimum Gasteiger partial charge on any atom is -0.370 e. The molecule has 4 aromatic carbocycles. The molecule has 0 saturated carbocycles. The number of hydrogen-bond donors (Lipinski definition) is 14. The van der Waals surface area contributed by atoms with E-state index in [-0.39, 0.29) is 63.4 Å². The summed E-state index contributed by atoms with van der Waals surface area (Å²) in [6.45, 7) is 3.16. The van der Waals surface area contributed by atoms with E-state index in [4.69, 9.17) is 28.7 Å². The van der Waals surface area contributed by atoms with Crippen LogP contribution < -0.4 is 65.9 Å². The molecule has 0 bridgehead atoms. The van der Waals surface area contributed by atoms with E-state index in [9.17, 15) is 38.4 Å². The van der Waals surface area contributed by atoms with E-state index in [0.29, 0.717) is 36.2 Å². The number of carbonyl (C=O) groups is 8. The van der Waals surface area contributed by atoms with E-state index < -0.39 is 96.1 Å². The summed E-state index contributed by atoms with van der Waals surface area (Å²) < 4.78 is 0. The molecule has 6 aromatic rings. The van der Waals surface area contributed by atoms with Crippen LogP contribution in [0.3, 0.4) is 0 Å². The first-order valence-electron chi connectivity index (χ1n) is 27.3. The van der Waals surface area contributed by atoms with Crippen molar-refractivity contribution >= 4 is 74.9 Å². The standard InChI is InChI=1S/C58H76N16O8/c1-34(2)50(51(61)76)74-57(82)46(26-35-14-4-3-5-15-35)72-54(79)44(22-10-11-24-59)69-49(75)32-67-53(78)47(28-38-30-66-43-21-9-8-20-41(38)43)73-55(80)45(23-13-25-65-58(62)63)70-56(81)48(71-52(77)42(60)29-39-31-64-33-68-39)27-37-18-12-17-36-16-6-7-19-40(36)37/h3-9,12,14-21,30-31,33-34,42,44-48,50,66H,10-11,13,22-29,32,59-60H2,1-2H3,(H2,61,76)(H,64,68)(H,67,78)(H,69,75)(H,70,81)(H,71,77)(H,72,79)(H,73,80)(H,74,82)(H4,62,63,65)/t42-,44-,45-,46+,47-,48+,50-/m0/s1. The number of benzene rings is 4. The summed E-state index contributed by atoms with van der Waals surface area (Å²) >= 11 is 0. The van der Waals surface area contributed by atoms with E-state index in [1.807, 2.05) is 66.7 Å². The second-order valence-electron chi connectivity index (χ2n) is 20.4. The smallest absolute Gasteiger partial charge is 0.243 e. The lowest BCUT2D eigenvalue weighted by Gasteiger charge is -2.27. The van der Waals surface area contributed by atoms with Crippen LogP contribution in [0.5, 0.6) is 0 Å². The molecule has 2 heterocycles. The van der Waals surface area contributed by atoms with Crippen LogP contribution in [0.25, 0.3) is 21.7 Å². The molecule has 0 aliphatic carbocycles. The zero-order valence-electron chi connectivity index (χ0n) is 46.1. The van der Waals surface area contributed by atoms with Crippen molar-refractivity contribution in [3.63, 3.8) is 0 Å². The average molecular weight is 1130 g/mol. The third-order valence-corrected chi connectivity index (χ3v) is 13.8. The Balaban J connectivity index is 1.23. The molecule has 0 unspecified atom stereocenters. The quantitative estimate of drug-likeness (QED) is 0.0150. The minimum absolute atomic E-state index is 0.000511. The zero-order valence-corrected chi connectivity index (χ0v) is 46.1. The van der Waals surface area contributed by atoms with Crippen LogP contribution in [0, 0.1) is 5.92 Å². The Morgan fingerprint density at radius 2 is 1.16 bits per heavy atom. The number of H-pyrrole nitrogens is 2. The number of aromatic amines is 2. The number of fused-ring (bicyclic) bond motifs is 2. The van der Waals surface area contributed by atoms with Gasteiger partial charge in [-0.05, 0) is 78.1 Å². The second kappa shape index (κ2) is 31.0. The van der Waals surface area contributed by atoms with Gasteiger partial charge in [0.15, 0.2) is 5.96 Å². The van der Waals surface area contributed by atoms with Gasteiger partial charge >= 0.3 is 0 Å². The normalized spacial score (nSPS) is 13.8. The Hall–Kier alpha value is -9.16. The number of unbranched alkanes of at least 4 members (excludes halogenated alkanes) is 1. The van der Waals surface area contributed by atoms with Crippen molar-refractivity contribution in [3.8, 4) is 0 Å². The highest BCUT2D eigenvalue weighted by Gasteiger charge is 2.34. The monoisotopic (exact) mass is 1120 g/mol.